The molecule has 2 aliphatic rings. The normalized spacial score (nSPS) is 23.1. The van der Waals surface area contributed by atoms with Crippen LogP contribution < -0.4 is 10.6 Å². The number of rotatable bonds is 4. The van der Waals surface area contributed by atoms with Crippen LogP contribution in [0.1, 0.15) is 17.5 Å². The summed E-state index contributed by atoms with van der Waals surface area (Å²) in [5.41, 5.74) is 3.22. The molecular weight excluding hydrogens is 288 g/mol. The van der Waals surface area contributed by atoms with E-state index in [2.05, 4.69) is 32.6 Å². The van der Waals surface area contributed by atoms with E-state index in [-0.39, 0.29) is 5.91 Å². The maximum absolute atomic E-state index is 12.3. The number of hydrogen-bond acceptors (Lipinski definition) is 4. The monoisotopic (exact) mass is 316 g/mol. The van der Waals surface area contributed by atoms with Gasteiger partial charge in [-0.15, -0.1) is 0 Å². The average Bonchev–Trinajstić information content (AvgIpc) is 3.00. The molecule has 0 spiro atoms. The van der Waals surface area contributed by atoms with Crippen molar-refractivity contribution in [2.24, 2.45) is 0 Å². The molecule has 23 heavy (non-hydrogen) atoms. The highest BCUT2D eigenvalue weighted by atomic mass is 16.2. The van der Waals surface area contributed by atoms with Crippen LogP contribution in [0.5, 0.6) is 0 Å². The molecule has 5 heteroatoms. The lowest BCUT2D eigenvalue weighted by molar-refractivity contribution is -0.117. The van der Waals surface area contributed by atoms with Crippen LogP contribution in [0.25, 0.3) is 0 Å². The fourth-order valence-electron chi connectivity index (χ4n) is 3.56. The SMILES string of the molecule is Cc1ccc(C)c(NC(=O)CN2CCC(N3CCNCC3)C2)c1. The van der Waals surface area contributed by atoms with E-state index >= 15 is 0 Å². The molecule has 1 atom stereocenters. The fraction of sp³-hybridized carbons (Fsp3) is 0.611. The largest absolute Gasteiger partial charge is 0.325 e. The van der Waals surface area contributed by atoms with E-state index in [0.29, 0.717) is 12.6 Å². The Labute approximate surface area is 139 Å². The van der Waals surface area contributed by atoms with Gasteiger partial charge in [-0.2, -0.15) is 0 Å². The first-order valence-corrected chi connectivity index (χ1v) is 8.66. The molecule has 3 rings (SSSR count). The maximum Gasteiger partial charge on any atom is 0.238 e. The molecule has 5 nitrogen and oxygen atoms in total. The second kappa shape index (κ2) is 7.43. The van der Waals surface area contributed by atoms with Gasteiger partial charge in [0.15, 0.2) is 0 Å². The Balaban J connectivity index is 1.49. The van der Waals surface area contributed by atoms with Gasteiger partial charge in [-0.25, -0.2) is 0 Å². The van der Waals surface area contributed by atoms with Crippen LogP contribution >= 0.6 is 0 Å². The minimum Gasteiger partial charge on any atom is -0.325 e. The van der Waals surface area contributed by atoms with Crippen LogP contribution in [-0.2, 0) is 4.79 Å². The number of anilines is 1. The van der Waals surface area contributed by atoms with Gasteiger partial charge in [0.25, 0.3) is 0 Å². The molecule has 0 saturated carbocycles. The Morgan fingerprint density at radius 1 is 1.26 bits per heavy atom. The zero-order chi connectivity index (χ0) is 16.2. The summed E-state index contributed by atoms with van der Waals surface area (Å²) < 4.78 is 0. The molecule has 2 N–H and O–H groups in total. The molecule has 1 amide bonds. The van der Waals surface area contributed by atoms with E-state index in [1.807, 2.05) is 19.9 Å². The standard InChI is InChI=1S/C18H28N4O/c1-14-3-4-15(2)17(11-14)20-18(23)13-21-8-5-16(12-21)22-9-6-19-7-10-22/h3-4,11,16,19H,5-10,12-13H2,1-2H3,(H,20,23). The lowest BCUT2D eigenvalue weighted by atomic mass is 10.1. The number of likely N-dealkylation sites (tertiary alicyclic amines) is 1. The number of nitrogens with one attached hydrogen (secondary N) is 2. The second-order valence-electron chi connectivity index (χ2n) is 6.83. The highest BCUT2D eigenvalue weighted by Gasteiger charge is 2.29. The summed E-state index contributed by atoms with van der Waals surface area (Å²) >= 11 is 0. The van der Waals surface area contributed by atoms with Gasteiger partial charge in [0.05, 0.1) is 6.54 Å². The van der Waals surface area contributed by atoms with Crippen molar-refractivity contribution in [1.29, 1.82) is 0 Å². The van der Waals surface area contributed by atoms with Crippen molar-refractivity contribution in [1.82, 2.24) is 15.1 Å². The summed E-state index contributed by atoms with van der Waals surface area (Å²) in [7, 11) is 0. The van der Waals surface area contributed by atoms with Crippen molar-refractivity contribution in [3.05, 3.63) is 29.3 Å². The first-order chi connectivity index (χ1) is 11.1. The average molecular weight is 316 g/mol. The molecule has 0 radical (unpaired) electrons. The molecule has 0 aliphatic carbocycles. The predicted octanol–water partition coefficient (Wildman–Crippen LogP) is 1.22. The smallest absolute Gasteiger partial charge is 0.238 e. The summed E-state index contributed by atoms with van der Waals surface area (Å²) in [6.45, 7) is 11.1. The van der Waals surface area contributed by atoms with E-state index in [0.717, 1.165) is 50.5 Å². The summed E-state index contributed by atoms with van der Waals surface area (Å²) in [5.74, 6) is 0.0969. The minimum atomic E-state index is 0.0969. The molecule has 2 heterocycles. The Morgan fingerprint density at radius 2 is 2.04 bits per heavy atom. The molecule has 126 valence electrons. The summed E-state index contributed by atoms with van der Waals surface area (Å²) in [5, 5.41) is 6.47. The number of carbonyl (C=O) groups is 1. The fourth-order valence-corrected chi connectivity index (χ4v) is 3.56. The van der Waals surface area contributed by atoms with Crippen LogP contribution in [-0.4, -0.2) is 67.6 Å². The number of benzene rings is 1. The first kappa shape index (κ1) is 16.4. The van der Waals surface area contributed by atoms with Gasteiger partial charge in [-0.1, -0.05) is 12.1 Å². The molecule has 1 aromatic carbocycles. The third-order valence-electron chi connectivity index (χ3n) is 4.95. The van der Waals surface area contributed by atoms with Gasteiger partial charge in [0.1, 0.15) is 0 Å². The van der Waals surface area contributed by atoms with Crippen LogP contribution in [0.3, 0.4) is 0 Å². The highest BCUT2D eigenvalue weighted by Crippen LogP contribution is 2.18. The number of amides is 1. The summed E-state index contributed by atoms with van der Waals surface area (Å²) in [6.07, 6.45) is 1.18. The van der Waals surface area contributed by atoms with Crippen molar-refractivity contribution in [3.8, 4) is 0 Å². The van der Waals surface area contributed by atoms with Crippen molar-refractivity contribution in [2.45, 2.75) is 26.3 Å². The number of hydrogen-bond donors (Lipinski definition) is 2. The Kier molecular flexibility index (Phi) is 5.30. The summed E-state index contributed by atoms with van der Waals surface area (Å²) in [6, 6.07) is 6.79. The van der Waals surface area contributed by atoms with Crippen molar-refractivity contribution in [2.75, 3.05) is 51.1 Å². The van der Waals surface area contributed by atoms with Gasteiger partial charge in [-0.3, -0.25) is 14.6 Å². The van der Waals surface area contributed by atoms with E-state index in [4.69, 9.17) is 0 Å². The molecule has 2 saturated heterocycles. The predicted molar refractivity (Wildman–Crippen MR) is 93.8 cm³/mol. The Hall–Kier alpha value is -1.43. The van der Waals surface area contributed by atoms with Crippen molar-refractivity contribution < 1.29 is 4.79 Å². The van der Waals surface area contributed by atoms with Gasteiger partial charge in [0, 0.05) is 51.0 Å². The summed E-state index contributed by atoms with van der Waals surface area (Å²) in [4.78, 5) is 17.2. The number of carbonyl (C=O) groups excluding carboxylic acids is 1. The highest BCUT2D eigenvalue weighted by molar-refractivity contribution is 5.93. The zero-order valence-electron chi connectivity index (χ0n) is 14.3. The van der Waals surface area contributed by atoms with E-state index in [9.17, 15) is 4.79 Å². The topological polar surface area (TPSA) is 47.6 Å². The van der Waals surface area contributed by atoms with Crippen LogP contribution in [0.4, 0.5) is 5.69 Å². The van der Waals surface area contributed by atoms with Crippen LogP contribution in [0.2, 0.25) is 0 Å². The van der Waals surface area contributed by atoms with Gasteiger partial charge in [-0.05, 0) is 37.5 Å². The van der Waals surface area contributed by atoms with Crippen LogP contribution in [0, 0.1) is 13.8 Å². The lowest BCUT2D eigenvalue weighted by Gasteiger charge is -2.32. The zero-order valence-corrected chi connectivity index (χ0v) is 14.3. The quantitative estimate of drug-likeness (QED) is 0.877. The van der Waals surface area contributed by atoms with Gasteiger partial charge >= 0.3 is 0 Å². The third-order valence-corrected chi connectivity index (χ3v) is 4.95. The molecule has 0 bridgehead atoms. The van der Waals surface area contributed by atoms with Crippen LogP contribution in [0.15, 0.2) is 18.2 Å². The van der Waals surface area contributed by atoms with E-state index in [1.165, 1.54) is 12.0 Å². The van der Waals surface area contributed by atoms with Crippen molar-refractivity contribution >= 4 is 11.6 Å². The lowest BCUT2D eigenvalue weighted by Crippen LogP contribution is -2.49. The van der Waals surface area contributed by atoms with Gasteiger partial charge < -0.3 is 10.6 Å². The number of nitrogens with zero attached hydrogens (tertiary/aromatic N) is 2. The minimum absolute atomic E-state index is 0.0969. The maximum atomic E-state index is 12.3. The van der Waals surface area contributed by atoms with Gasteiger partial charge in [0.2, 0.25) is 5.91 Å². The number of aryl methyl sites for hydroxylation is 2. The molecule has 2 fully saturated rings. The van der Waals surface area contributed by atoms with E-state index < -0.39 is 0 Å². The molecule has 0 aromatic heterocycles. The molecule has 1 aromatic rings. The van der Waals surface area contributed by atoms with Crippen molar-refractivity contribution in [3.63, 3.8) is 0 Å². The first-order valence-electron chi connectivity index (χ1n) is 8.66. The van der Waals surface area contributed by atoms with E-state index in [1.54, 1.807) is 0 Å². The Bertz CT molecular complexity index is 554. The number of piperazine rings is 1. The molecular formula is C18H28N4O. The second-order valence-corrected chi connectivity index (χ2v) is 6.83. The molecule has 1 unspecified atom stereocenters. The molecule has 2 aliphatic heterocycles. The third kappa shape index (κ3) is 4.31. The Morgan fingerprint density at radius 3 is 2.83 bits per heavy atom.